The summed E-state index contributed by atoms with van der Waals surface area (Å²) in [6, 6.07) is 16.0. The van der Waals surface area contributed by atoms with Gasteiger partial charge in [0.2, 0.25) is 0 Å². The summed E-state index contributed by atoms with van der Waals surface area (Å²) in [6.45, 7) is 1.01. The highest BCUT2D eigenvalue weighted by molar-refractivity contribution is 9.11. The van der Waals surface area contributed by atoms with E-state index in [1.807, 2.05) is 48.5 Å². The molecule has 0 amide bonds. The minimum absolute atomic E-state index is 0.419. The summed E-state index contributed by atoms with van der Waals surface area (Å²) in [5, 5.41) is 0. The minimum atomic E-state index is 0.419. The van der Waals surface area contributed by atoms with Crippen molar-refractivity contribution < 1.29 is 4.74 Å². The maximum Gasteiger partial charge on any atom is 0.108 e. The van der Waals surface area contributed by atoms with Crippen LogP contribution in [0.1, 0.15) is 11.1 Å². The molecular weight excluding hydrogens is 368 g/mol. The van der Waals surface area contributed by atoms with Crippen LogP contribution >= 0.6 is 31.9 Å². The lowest BCUT2D eigenvalue weighted by Gasteiger charge is -2.00. The molecule has 0 bridgehead atoms. The van der Waals surface area contributed by atoms with Crippen LogP contribution < -0.4 is 0 Å². The average Bonchev–Trinajstić information content (AvgIpc) is 2.42. The standard InChI is InChI=1S/C16H12Br2O/c17-15-9-4-10-16(18)14(15)8-5-11-19-12-13-6-2-1-3-7-13/h1-4,6-7,9-10H,11-12H2. The Labute approximate surface area is 130 Å². The molecule has 0 aromatic heterocycles. The highest BCUT2D eigenvalue weighted by atomic mass is 79.9. The molecule has 3 heteroatoms. The Morgan fingerprint density at radius 2 is 1.58 bits per heavy atom. The van der Waals surface area contributed by atoms with Gasteiger partial charge in [0.25, 0.3) is 0 Å². The second-order valence-electron chi connectivity index (χ2n) is 3.88. The Balaban J connectivity index is 1.88. The van der Waals surface area contributed by atoms with Crippen LogP contribution in [0, 0.1) is 11.8 Å². The summed E-state index contributed by atoms with van der Waals surface area (Å²) < 4.78 is 7.48. The maximum absolute atomic E-state index is 5.52. The third kappa shape index (κ3) is 4.50. The van der Waals surface area contributed by atoms with E-state index in [0.29, 0.717) is 13.2 Å². The molecule has 0 fully saturated rings. The van der Waals surface area contributed by atoms with E-state index in [-0.39, 0.29) is 0 Å². The van der Waals surface area contributed by atoms with E-state index >= 15 is 0 Å². The highest BCUT2D eigenvalue weighted by Crippen LogP contribution is 2.23. The number of benzene rings is 2. The second-order valence-corrected chi connectivity index (χ2v) is 5.59. The first-order valence-corrected chi connectivity index (χ1v) is 7.40. The Kier molecular flexibility index (Phi) is 5.65. The zero-order valence-corrected chi connectivity index (χ0v) is 13.4. The van der Waals surface area contributed by atoms with Gasteiger partial charge in [-0.15, -0.1) is 0 Å². The monoisotopic (exact) mass is 378 g/mol. The molecule has 0 aliphatic heterocycles. The van der Waals surface area contributed by atoms with Crippen molar-refractivity contribution in [3.8, 4) is 11.8 Å². The van der Waals surface area contributed by atoms with Crippen LogP contribution in [-0.2, 0) is 11.3 Å². The van der Waals surface area contributed by atoms with Gasteiger partial charge in [0.15, 0.2) is 0 Å². The molecule has 0 atom stereocenters. The molecule has 2 aromatic rings. The Hall–Kier alpha value is -1.08. The van der Waals surface area contributed by atoms with E-state index in [0.717, 1.165) is 20.1 Å². The van der Waals surface area contributed by atoms with Crippen LogP contribution in [0.5, 0.6) is 0 Å². The molecule has 0 saturated heterocycles. The van der Waals surface area contributed by atoms with Crippen molar-refractivity contribution in [3.63, 3.8) is 0 Å². The summed E-state index contributed by atoms with van der Waals surface area (Å²) in [6.07, 6.45) is 0. The van der Waals surface area contributed by atoms with E-state index in [1.54, 1.807) is 0 Å². The zero-order valence-electron chi connectivity index (χ0n) is 10.2. The van der Waals surface area contributed by atoms with Gasteiger partial charge in [0, 0.05) is 8.95 Å². The van der Waals surface area contributed by atoms with E-state index in [4.69, 9.17) is 4.74 Å². The smallest absolute Gasteiger partial charge is 0.108 e. The normalized spacial score (nSPS) is 9.79. The van der Waals surface area contributed by atoms with Gasteiger partial charge >= 0.3 is 0 Å². The molecule has 0 unspecified atom stereocenters. The number of hydrogen-bond donors (Lipinski definition) is 0. The number of halogens is 2. The molecule has 19 heavy (non-hydrogen) atoms. The first-order chi connectivity index (χ1) is 9.27. The van der Waals surface area contributed by atoms with Crippen molar-refractivity contribution in [2.75, 3.05) is 6.61 Å². The predicted molar refractivity (Wildman–Crippen MR) is 84.8 cm³/mol. The average molecular weight is 380 g/mol. The maximum atomic E-state index is 5.52. The van der Waals surface area contributed by atoms with Crippen LogP contribution in [-0.4, -0.2) is 6.61 Å². The van der Waals surface area contributed by atoms with Gasteiger partial charge in [0.05, 0.1) is 12.2 Å². The lowest BCUT2D eigenvalue weighted by molar-refractivity contribution is 0.153. The molecular formula is C16H12Br2O. The Bertz CT molecular complexity index is 577. The van der Waals surface area contributed by atoms with Gasteiger partial charge in [-0.25, -0.2) is 0 Å². The Morgan fingerprint density at radius 1 is 0.895 bits per heavy atom. The van der Waals surface area contributed by atoms with Gasteiger partial charge in [-0.2, -0.15) is 0 Å². The van der Waals surface area contributed by atoms with Crippen LogP contribution in [0.2, 0.25) is 0 Å². The predicted octanol–water partition coefficient (Wildman–Crippen LogP) is 4.78. The van der Waals surface area contributed by atoms with Gasteiger partial charge in [-0.3, -0.25) is 0 Å². The van der Waals surface area contributed by atoms with Crippen molar-refractivity contribution in [3.05, 3.63) is 68.6 Å². The number of hydrogen-bond acceptors (Lipinski definition) is 1. The molecule has 0 heterocycles. The van der Waals surface area contributed by atoms with Crippen molar-refractivity contribution in [1.29, 1.82) is 0 Å². The molecule has 0 N–H and O–H groups in total. The molecule has 1 nitrogen and oxygen atoms in total. The lowest BCUT2D eigenvalue weighted by atomic mass is 10.2. The SMILES string of the molecule is Brc1cccc(Br)c1C#CCOCc1ccccc1. The van der Waals surface area contributed by atoms with Gasteiger partial charge in [0.1, 0.15) is 6.61 Å². The zero-order chi connectivity index (χ0) is 13.5. The minimum Gasteiger partial charge on any atom is -0.364 e. The van der Waals surface area contributed by atoms with E-state index < -0.39 is 0 Å². The number of rotatable bonds is 3. The molecule has 0 spiro atoms. The summed E-state index contributed by atoms with van der Waals surface area (Å²) >= 11 is 6.96. The molecule has 0 radical (unpaired) electrons. The summed E-state index contributed by atoms with van der Waals surface area (Å²) in [4.78, 5) is 0. The summed E-state index contributed by atoms with van der Waals surface area (Å²) in [5.74, 6) is 6.12. The van der Waals surface area contributed by atoms with E-state index in [1.165, 1.54) is 0 Å². The van der Waals surface area contributed by atoms with E-state index in [9.17, 15) is 0 Å². The van der Waals surface area contributed by atoms with Crippen LogP contribution in [0.3, 0.4) is 0 Å². The largest absolute Gasteiger partial charge is 0.364 e. The van der Waals surface area contributed by atoms with Gasteiger partial charge in [-0.05, 0) is 49.6 Å². The third-order valence-electron chi connectivity index (χ3n) is 2.46. The highest BCUT2D eigenvalue weighted by Gasteiger charge is 1.99. The molecule has 0 aliphatic rings. The fraction of sp³-hybridized carbons (Fsp3) is 0.125. The number of ether oxygens (including phenoxy) is 1. The molecule has 0 saturated carbocycles. The molecule has 2 aromatic carbocycles. The van der Waals surface area contributed by atoms with Crippen LogP contribution in [0.15, 0.2) is 57.5 Å². The van der Waals surface area contributed by atoms with Gasteiger partial charge in [-0.1, -0.05) is 48.2 Å². The van der Waals surface area contributed by atoms with Crippen molar-refractivity contribution in [2.24, 2.45) is 0 Å². The van der Waals surface area contributed by atoms with Crippen molar-refractivity contribution in [2.45, 2.75) is 6.61 Å². The second kappa shape index (κ2) is 7.49. The Morgan fingerprint density at radius 3 is 2.26 bits per heavy atom. The van der Waals surface area contributed by atoms with Crippen LogP contribution in [0.25, 0.3) is 0 Å². The first-order valence-electron chi connectivity index (χ1n) is 5.82. The fourth-order valence-corrected chi connectivity index (χ4v) is 2.73. The first kappa shape index (κ1) is 14.3. The van der Waals surface area contributed by atoms with Crippen molar-refractivity contribution in [1.82, 2.24) is 0 Å². The molecule has 2 rings (SSSR count). The van der Waals surface area contributed by atoms with Crippen LogP contribution in [0.4, 0.5) is 0 Å². The molecule has 96 valence electrons. The topological polar surface area (TPSA) is 9.23 Å². The van der Waals surface area contributed by atoms with Gasteiger partial charge < -0.3 is 4.74 Å². The summed E-state index contributed by atoms with van der Waals surface area (Å²) in [7, 11) is 0. The quantitative estimate of drug-likeness (QED) is 0.550. The molecule has 0 aliphatic carbocycles. The van der Waals surface area contributed by atoms with E-state index in [2.05, 4.69) is 43.7 Å². The summed E-state index contributed by atoms with van der Waals surface area (Å²) in [5.41, 5.74) is 2.11. The lowest BCUT2D eigenvalue weighted by Crippen LogP contribution is -1.92. The third-order valence-corrected chi connectivity index (χ3v) is 3.78. The fourth-order valence-electron chi connectivity index (χ4n) is 1.54. The van der Waals surface area contributed by atoms with Crippen molar-refractivity contribution >= 4 is 31.9 Å².